The van der Waals surface area contributed by atoms with E-state index in [1.807, 2.05) is 85.8 Å². The number of anilines is 1. The van der Waals surface area contributed by atoms with Gasteiger partial charge >= 0.3 is 5.97 Å². The third-order valence-electron chi connectivity index (χ3n) is 6.12. The van der Waals surface area contributed by atoms with E-state index in [1.165, 1.54) is 0 Å². The first-order valence-electron chi connectivity index (χ1n) is 12.1. The van der Waals surface area contributed by atoms with E-state index in [0.717, 1.165) is 16.7 Å². The molecule has 37 heavy (non-hydrogen) atoms. The van der Waals surface area contributed by atoms with Gasteiger partial charge < -0.3 is 19.5 Å². The highest BCUT2D eigenvalue weighted by atomic mass is 16.5. The number of methoxy groups -OCH3 is 1. The lowest BCUT2D eigenvalue weighted by Gasteiger charge is -2.28. The maximum Gasteiger partial charge on any atom is 0.338 e. The highest BCUT2D eigenvalue weighted by Gasteiger charge is 2.35. The number of carbonyl (C=O) groups excluding carboxylic acids is 1. The summed E-state index contributed by atoms with van der Waals surface area (Å²) in [6.07, 6.45) is 0. The van der Waals surface area contributed by atoms with Crippen molar-refractivity contribution in [1.29, 1.82) is 0 Å². The van der Waals surface area contributed by atoms with Gasteiger partial charge in [0.05, 0.1) is 19.3 Å². The summed E-state index contributed by atoms with van der Waals surface area (Å²) < 4.78 is 18.9. The Balaban J connectivity index is 1.55. The maximum absolute atomic E-state index is 13.1. The predicted octanol–water partition coefficient (Wildman–Crippen LogP) is 5.38. The monoisotopic (exact) mass is 496 g/mol. The number of allylic oxidation sites excluding steroid dienone is 1. The van der Waals surface area contributed by atoms with E-state index in [1.54, 1.807) is 18.7 Å². The van der Waals surface area contributed by atoms with Crippen molar-refractivity contribution < 1.29 is 19.0 Å². The second-order valence-corrected chi connectivity index (χ2v) is 8.54. The van der Waals surface area contributed by atoms with Crippen molar-refractivity contribution in [3.05, 3.63) is 101 Å². The van der Waals surface area contributed by atoms with E-state index < -0.39 is 12.0 Å². The van der Waals surface area contributed by atoms with Crippen LogP contribution in [0.5, 0.6) is 11.5 Å². The Morgan fingerprint density at radius 2 is 1.73 bits per heavy atom. The molecule has 1 atom stereocenters. The number of hydrogen-bond donors (Lipinski definition) is 1. The summed E-state index contributed by atoms with van der Waals surface area (Å²) in [5, 5.41) is 8.02. The second-order valence-electron chi connectivity index (χ2n) is 8.54. The maximum atomic E-state index is 13.1. The molecule has 0 aliphatic carbocycles. The first-order valence-corrected chi connectivity index (χ1v) is 12.1. The van der Waals surface area contributed by atoms with Gasteiger partial charge in [-0.25, -0.2) is 9.48 Å². The summed E-state index contributed by atoms with van der Waals surface area (Å²) in [6.45, 7) is 4.30. The molecule has 1 aliphatic heterocycles. The highest BCUT2D eigenvalue weighted by Crippen LogP contribution is 2.40. The van der Waals surface area contributed by atoms with Crippen LogP contribution >= 0.6 is 0 Å². The van der Waals surface area contributed by atoms with Crippen LogP contribution in [0.4, 0.5) is 5.95 Å². The average Bonchev–Trinajstić information content (AvgIpc) is 3.36. The molecule has 8 heteroatoms. The van der Waals surface area contributed by atoms with E-state index in [0.29, 0.717) is 41.1 Å². The normalized spacial score (nSPS) is 14.5. The summed E-state index contributed by atoms with van der Waals surface area (Å²) in [6, 6.07) is 24.7. The fourth-order valence-corrected chi connectivity index (χ4v) is 4.35. The molecule has 4 aromatic rings. The molecule has 1 aromatic heterocycles. The molecule has 8 nitrogen and oxygen atoms in total. The van der Waals surface area contributed by atoms with Gasteiger partial charge in [0.25, 0.3) is 0 Å². The number of nitrogens with one attached hydrogen (secondary N) is 1. The van der Waals surface area contributed by atoms with Crippen LogP contribution < -0.4 is 14.8 Å². The quantitative estimate of drug-likeness (QED) is 0.328. The number of fused-ring (bicyclic) bond motifs is 1. The van der Waals surface area contributed by atoms with Crippen molar-refractivity contribution in [2.24, 2.45) is 0 Å². The van der Waals surface area contributed by atoms with Gasteiger partial charge in [-0.05, 0) is 37.1 Å². The molecule has 5 rings (SSSR count). The van der Waals surface area contributed by atoms with Crippen LogP contribution in [0.3, 0.4) is 0 Å². The zero-order valence-electron chi connectivity index (χ0n) is 21.0. The number of ether oxygens (including phenoxy) is 3. The molecular formula is C29H28N4O4. The van der Waals surface area contributed by atoms with Crippen molar-refractivity contribution in [3.8, 4) is 22.9 Å². The molecule has 1 unspecified atom stereocenters. The van der Waals surface area contributed by atoms with Gasteiger partial charge in [0.15, 0.2) is 17.3 Å². The summed E-state index contributed by atoms with van der Waals surface area (Å²) in [7, 11) is 1.60. The highest BCUT2D eigenvalue weighted by molar-refractivity contribution is 5.92. The standard InChI is InChI=1S/C29H28N4O4/c1-4-36-28(34)25-19(2)30-29-31-27(21-13-9-6-10-14-21)32-33(29)26(25)22-15-16-23(24(17-22)35-3)37-18-20-11-7-5-8-12-20/h5-17,26H,4,18H2,1-3H3,(H,30,31,32). The van der Waals surface area contributed by atoms with Crippen molar-refractivity contribution >= 4 is 11.9 Å². The topological polar surface area (TPSA) is 87.5 Å². The Labute approximate surface area is 215 Å². The minimum absolute atomic E-state index is 0.261. The number of aromatic nitrogens is 3. The second kappa shape index (κ2) is 10.6. The molecule has 0 fully saturated rings. The van der Waals surface area contributed by atoms with Crippen molar-refractivity contribution in [2.45, 2.75) is 26.5 Å². The van der Waals surface area contributed by atoms with Crippen LogP contribution in [-0.2, 0) is 16.1 Å². The average molecular weight is 497 g/mol. The smallest absolute Gasteiger partial charge is 0.338 e. The summed E-state index contributed by atoms with van der Waals surface area (Å²) in [4.78, 5) is 17.8. The molecule has 1 aliphatic rings. The lowest BCUT2D eigenvalue weighted by molar-refractivity contribution is -0.139. The number of esters is 1. The van der Waals surface area contributed by atoms with Crippen molar-refractivity contribution in [3.63, 3.8) is 0 Å². The fraction of sp³-hybridized carbons (Fsp3) is 0.207. The number of carbonyl (C=O) groups is 1. The van der Waals surface area contributed by atoms with Crippen LogP contribution in [0, 0.1) is 0 Å². The minimum Gasteiger partial charge on any atom is -0.493 e. The van der Waals surface area contributed by atoms with E-state index in [4.69, 9.17) is 24.3 Å². The van der Waals surface area contributed by atoms with Crippen LogP contribution in [0.25, 0.3) is 11.4 Å². The van der Waals surface area contributed by atoms with E-state index in [-0.39, 0.29) is 6.61 Å². The van der Waals surface area contributed by atoms with Gasteiger partial charge in [-0.15, -0.1) is 5.10 Å². The summed E-state index contributed by atoms with van der Waals surface area (Å²) in [5.74, 6) is 1.84. The third kappa shape index (κ3) is 4.91. The van der Waals surface area contributed by atoms with Gasteiger partial charge in [-0.3, -0.25) is 0 Å². The van der Waals surface area contributed by atoms with Crippen LogP contribution in [-0.4, -0.2) is 34.5 Å². The number of benzene rings is 3. The Hall–Kier alpha value is -4.59. The van der Waals surface area contributed by atoms with Gasteiger partial charge in [0, 0.05) is 11.3 Å². The fourth-order valence-electron chi connectivity index (χ4n) is 4.35. The molecule has 2 heterocycles. The molecule has 0 saturated heterocycles. The van der Waals surface area contributed by atoms with Gasteiger partial charge in [0.2, 0.25) is 5.95 Å². The Bertz CT molecular complexity index is 1430. The molecular weight excluding hydrogens is 468 g/mol. The number of rotatable bonds is 8. The van der Waals surface area contributed by atoms with Crippen LogP contribution in [0.2, 0.25) is 0 Å². The number of hydrogen-bond acceptors (Lipinski definition) is 7. The molecule has 0 radical (unpaired) electrons. The van der Waals surface area contributed by atoms with Gasteiger partial charge in [0.1, 0.15) is 12.6 Å². The van der Waals surface area contributed by atoms with E-state index in [9.17, 15) is 4.79 Å². The Morgan fingerprint density at radius 3 is 2.43 bits per heavy atom. The van der Waals surface area contributed by atoms with Crippen molar-refractivity contribution in [1.82, 2.24) is 14.8 Å². The molecule has 1 N–H and O–H groups in total. The van der Waals surface area contributed by atoms with E-state index >= 15 is 0 Å². The lowest BCUT2D eigenvalue weighted by Crippen LogP contribution is -2.29. The third-order valence-corrected chi connectivity index (χ3v) is 6.12. The molecule has 3 aromatic carbocycles. The Kier molecular flexibility index (Phi) is 6.89. The van der Waals surface area contributed by atoms with Crippen molar-refractivity contribution in [2.75, 3.05) is 19.0 Å². The predicted molar refractivity (Wildman–Crippen MR) is 140 cm³/mol. The molecule has 0 bridgehead atoms. The minimum atomic E-state index is -0.572. The van der Waals surface area contributed by atoms with Crippen LogP contribution in [0.15, 0.2) is 90.1 Å². The first kappa shape index (κ1) is 24.1. The van der Waals surface area contributed by atoms with Gasteiger partial charge in [-0.1, -0.05) is 66.7 Å². The SMILES string of the molecule is CCOC(=O)C1=C(C)Nc2nc(-c3ccccc3)nn2C1c1ccc(OCc2ccccc2)c(OC)c1. The lowest BCUT2D eigenvalue weighted by atomic mass is 9.95. The molecule has 0 spiro atoms. The number of nitrogens with zero attached hydrogens (tertiary/aromatic N) is 3. The largest absolute Gasteiger partial charge is 0.493 e. The van der Waals surface area contributed by atoms with Gasteiger partial charge in [-0.2, -0.15) is 4.98 Å². The molecule has 0 amide bonds. The molecule has 188 valence electrons. The Morgan fingerprint density at radius 1 is 1.00 bits per heavy atom. The summed E-state index contributed by atoms with van der Waals surface area (Å²) in [5.41, 5.74) is 3.84. The zero-order chi connectivity index (χ0) is 25.8. The van der Waals surface area contributed by atoms with E-state index in [2.05, 4.69) is 5.32 Å². The first-order chi connectivity index (χ1) is 18.1. The van der Waals surface area contributed by atoms with Crippen LogP contribution in [0.1, 0.15) is 31.0 Å². The molecule has 0 saturated carbocycles. The zero-order valence-corrected chi connectivity index (χ0v) is 21.0. The summed E-state index contributed by atoms with van der Waals surface area (Å²) >= 11 is 0.